The highest BCUT2D eigenvalue weighted by atomic mass is 16.3. The molecule has 3 heterocycles. The molecular formula is C47H32N4O. The standard InChI is InChI=1S/C47H32N4O/c1-47(2)38-21-7-6-17-33(38)34-18-11-20-37(43(34)47)46-50-44(29-13-4-3-5-14-29)49-45(51-46)32-16-10-15-30(27-32)31-24-25-36-41(28-31)52-40-23-12-19-35(42(36)40)39-22-8-9-26-48-39/h3-28H,1-2H3. The molecule has 0 bridgehead atoms. The molecule has 0 saturated carbocycles. The molecular weight excluding hydrogens is 637 g/mol. The van der Waals surface area contributed by atoms with Gasteiger partial charge in [0.1, 0.15) is 11.2 Å². The summed E-state index contributed by atoms with van der Waals surface area (Å²) in [6, 6.07) is 52.3. The number of furan rings is 1. The Hall–Kier alpha value is -6.72. The van der Waals surface area contributed by atoms with Gasteiger partial charge in [-0.1, -0.05) is 129 Å². The zero-order chi connectivity index (χ0) is 34.8. The Kier molecular flexibility index (Phi) is 6.77. The summed E-state index contributed by atoms with van der Waals surface area (Å²) in [6.45, 7) is 4.59. The molecule has 9 aromatic rings. The summed E-state index contributed by atoms with van der Waals surface area (Å²) in [5.41, 5.74) is 13.5. The summed E-state index contributed by atoms with van der Waals surface area (Å²) in [4.78, 5) is 20.0. The molecule has 0 radical (unpaired) electrons. The number of pyridine rings is 1. The number of aromatic nitrogens is 4. The summed E-state index contributed by atoms with van der Waals surface area (Å²) in [6.07, 6.45) is 1.83. The maximum absolute atomic E-state index is 6.44. The van der Waals surface area contributed by atoms with Gasteiger partial charge in [-0.25, -0.2) is 15.0 Å². The van der Waals surface area contributed by atoms with Gasteiger partial charge >= 0.3 is 0 Å². The lowest BCUT2D eigenvalue weighted by atomic mass is 9.80. The largest absolute Gasteiger partial charge is 0.456 e. The Labute approximate surface area is 301 Å². The van der Waals surface area contributed by atoms with Crippen molar-refractivity contribution in [3.8, 4) is 67.7 Å². The fourth-order valence-electron chi connectivity index (χ4n) is 7.95. The molecule has 1 aliphatic carbocycles. The van der Waals surface area contributed by atoms with Crippen LogP contribution in [0.5, 0.6) is 0 Å². The molecule has 3 aromatic heterocycles. The van der Waals surface area contributed by atoms with Gasteiger partial charge in [-0.05, 0) is 69.8 Å². The first-order valence-electron chi connectivity index (χ1n) is 17.6. The molecule has 0 fully saturated rings. The van der Waals surface area contributed by atoms with E-state index in [0.29, 0.717) is 17.5 Å². The highest BCUT2D eigenvalue weighted by Gasteiger charge is 2.38. The minimum Gasteiger partial charge on any atom is -0.456 e. The predicted molar refractivity (Wildman–Crippen MR) is 210 cm³/mol. The number of hydrogen-bond donors (Lipinski definition) is 0. The minimum atomic E-state index is -0.212. The van der Waals surface area contributed by atoms with Crippen molar-refractivity contribution < 1.29 is 4.42 Å². The van der Waals surface area contributed by atoms with Crippen LogP contribution < -0.4 is 0 Å². The maximum Gasteiger partial charge on any atom is 0.164 e. The molecule has 0 unspecified atom stereocenters. The Bertz CT molecular complexity index is 2820. The monoisotopic (exact) mass is 668 g/mol. The average Bonchev–Trinajstić information content (AvgIpc) is 3.70. The zero-order valence-electron chi connectivity index (χ0n) is 28.7. The summed E-state index contributed by atoms with van der Waals surface area (Å²) >= 11 is 0. The number of rotatable bonds is 5. The fourth-order valence-corrected chi connectivity index (χ4v) is 7.95. The van der Waals surface area contributed by atoms with Crippen LogP contribution >= 0.6 is 0 Å². The molecule has 5 nitrogen and oxygen atoms in total. The average molecular weight is 669 g/mol. The molecule has 6 aromatic carbocycles. The first-order valence-corrected chi connectivity index (χ1v) is 17.6. The summed E-state index contributed by atoms with van der Waals surface area (Å²) in [5, 5.41) is 2.13. The molecule has 52 heavy (non-hydrogen) atoms. The molecule has 1 aliphatic rings. The van der Waals surface area contributed by atoms with E-state index in [1.165, 1.54) is 22.3 Å². The molecule has 0 aliphatic heterocycles. The van der Waals surface area contributed by atoms with Crippen LogP contribution in [0.15, 0.2) is 162 Å². The quantitative estimate of drug-likeness (QED) is 0.183. The Morgan fingerprint density at radius 2 is 1.12 bits per heavy atom. The van der Waals surface area contributed by atoms with Crippen molar-refractivity contribution in [2.24, 2.45) is 0 Å². The van der Waals surface area contributed by atoms with Crippen molar-refractivity contribution in [3.63, 3.8) is 0 Å². The van der Waals surface area contributed by atoms with Crippen LogP contribution in [0.1, 0.15) is 25.0 Å². The molecule has 0 saturated heterocycles. The second-order valence-electron chi connectivity index (χ2n) is 13.9. The normalized spacial score (nSPS) is 13.0. The Balaban J connectivity index is 1.11. The van der Waals surface area contributed by atoms with Gasteiger partial charge < -0.3 is 4.42 Å². The summed E-state index contributed by atoms with van der Waals surface area (Å²) in [7, 11) is 0. The second kappa shape index (κ2) is 11.7. The van der Waals surface area contributed by atoms with Gasteiger partial charge in [-0.2, -0.15) is 0 Å². The molecule has 0 spiro atoms. The SMILES string of the molecule is CC1(C)c2ccccc2-c2cccc(-c3nc(-c4ccccc4)nc(-c4cccc(-c5ccc6c(c5)oc5cccc(-c7ccccn7)c56)c4)n3)c21. The van der Waals surface area contributed by atoms with Crippen LogP contribution in [0.4, 0.5) is 0 Å². The van der Waals surface area contributed by atoms with Crippen molar-refractivity contribution in [3.05, 3.63) is 169 Å². The van der Waals surface area contributed by atoms with Crippen LogP contribution in [-0.2, 0) is 5.41 Å². The zero-order valence-corrected chi connectivity index (χ0v) is 28.7. The van der Waals surface area contributed by atoms with E-state index in [9.17, 15) is 0 Å². The van der Waals surface area contributed by atoms with E-state index in [2.05, 4.69) is 122 Å². The highest BCUT2D eigenvalue weighted by molar-refractivity contribution is 6.12. The van der Waals surface area contributed by atoms with Crippen LogP contribution in [0.3, 0.4) is 0 Å². The molecule has 0 amide bonds. The van der Waals surface area contributed by atoms with Gasteiger partial charge in [0, 0.05) is 44.6 Å². The van der Waals surface area contributed by atoms with E-state index in [1.54, 1.807) is 0 Å². The smallest absolute Gasteiger partial charge is 0.164 e. The molecule has 10 rings (SSSR count). The van der Waals surface area contributed by atoms with Crippen LogP contribution in [0.2, 0.25) is 0 Å². The molecule has 5 heteroatoms. The van der Waals surface area contributed by atoms with E-state index in [4.69, 9.17) is 19.4 Å². The van der Waals surface area contributed by atoms with E-state index < -0.39 is 0 Å². The van der Waals surface area contributed by atoms with E-state index in [-0.39, 0.29) is 5.41 Å². The van der Waals surface area contributed by atoms with Gasteiger partial charge in [-0.3, -0.25) is 4.98 Å². The number of nitrogens with zero attached hydrogens (tertiary/aromatic N) is 4. The Morgan fingerprint density at radius 1 is 0.462 bits per heavy atom. The van der Waals surface area contributed by atoms with Crippen molar-refractivity contribution in [2.45, 2.75) is 19.3 Å². The summed E-state index contributed by atoms with van der Waals surface area (Å²) in [5.74, 6) is 1.94. The first-order chi connectivity index (χ1) is 25.5. The van der Waals surface area contributed by atoms with Gasteiger partial charge in [0.15, 0.2) is 17.5 Å². The highest BCUT2D eigenvalue weighted by Crippen LogP contribution is 2.51. The number of hydrogen-bond acceptors (Lipinski definition) is 5. The second-order valence-corrected chi connectivity index (χ2v) is 13.9. The minimum absolute atomic E-state index is 0.212. The van der Waals surface area contributed by atoms with Gasteiger partial charge in [0.05, 0.1) is 5.69 Å². The lowest BCUT2D eigenvalue weighted by molar-refractivity contribution is 0.661. The molecule has 0 N–H and O–H groups in total. The Morgan fingerprint density at radius 3 is 1.98 bits per heavy atom. The van der Waals surface area contributed by atoms with Crippen molar-refractivity contribution in [2.75, 3.05) is 0 Å². The summed E-state index contributed by atoms with van der Waals surface area (Å²) < 4.78 is 6.44. The maximum atomic E-state index is 6.44. The number of benzene rings is 6. The van der Waals surface area contributed by atoms with Crippen molar-refractivity contribution >= 4 is 21.9 Å². The third-order valence-corrected chi connectivity index (χ3v) is 10.4. The van der Waals surface area contributed by atoms with Gasteiger partial charge in [0.25, 0.3) is 0 Å². The van der Waals surface area contributed by atoms with E-state index in [1.807, 2.05) is 54.7 Å². The van der Waals surface area contributed by atoms with Crippen LogP contribution in [0, 0.1) is 0 Å². The number of fused-ring (bicyclic) bond motifs is 6. The molecule has 246 valence electrons. The lowest BCUT2D eigenvalue weighted by Crippen LogP contribution is -2.17. The third kappa shape index (κ3) is 4.78. The van der Waals surface area contributed by atoms with E-state index >= 15 is 0 Å². The lowest BCUT2D eigenvalue weighted by Gasteiger charge is -2.24. The first kappa shape index (κ1) is 30.1. The van der Waals surface area contributed by atoms with Crippen LogP contribution in [0.25, 0.3) is 89.6 Å². The fraction of sp³-hybridized carbons (Fsp3) is 0.0638. The van der Waals surface area contributed by atoms with Gasteiger partial charge in [0.2, 0.25) is 0 Å². The predicted octanol–water partition coefficient (Wildman–Crippen LogP) is 11.8. The topological polar surface area (TPSA) is 64.7 Å². The van der Waals surface area contributed by atoms with Crippen molar-refractivity contribution in [1.29, 1.82) is 0 Å². The molecule has 0 atom stereocenters. The van der Waals surface area contributed by atoms with Crippen LogP contribution in [-0.4, -0.2) is 19.9 Å². The third-order valence-electron chi connectivity index (χ3n) is 10.4. The van der Waals surface area contributed by atoms with E-state index in [0.717, 1.165) is 61.0 Å². The van der Waals surface area contributed by atoms with Crippen molar-refractivity contribution in [1.82, 2.24) is 19.9 Å². The van der Waals surface area contributed by atoms with Gasteiger partial charge in [-0.15, -0.1) is 0 Å².